The lowest BCUT2D eigenvalue weighted by molar-refractivity contribution is 0.239. The lowest BCUT2D eigenvalue weighted by Gasteiger charge is -2.22. The first-order chi connectivity index (χ1) is 4.70. The molecule has 1 rings (SSSR count). The summed E-state index contributed by atoms with van der Waals surface area (Å²) in [6, 6.07) is 0.849. The van der Waals surface area contributed by atoms with Gasteiger partial charge in [0.15, 0.2) is 0 Å². The smallest absolute Gasteiger partial charge is 0.00675 e. The molecule has 1 saturated heterocycles. The Morgan fingerprint density at radius 2 is 2.20 bits per heavy atom. The molecule has 0 aromatic heterocycles. The van der Waals surface area contributed by atoms with Gasteiger partial charge in [-0.3, -0.25) is 0 Å². The van der Waals surface area contributed by atoms with E-state index in [0.717, 1.165) is 12.0 Å². The molecular weight excluding hydrogens is 122 g/mol. The zero-order valence-corrected chi connectivity index (χ0v) is 7.43. The second-order valence-corrected chi connectivity index (χ2v) is 3.88. The summed E-state index contributed by atoms with van der Waals surface area (Å²) in [5, 5.41) is 0. The van der Waals surface area contributed by atoms with E-state index in [1.807, 2.05) is 0 Å². The van der Waals surface area contributed by atoms with Crippen LogP contribution in [0.3, 0.4) is 0 Å². The summed E-state index contributed by atoms with van der Waals surface area (Å²) in [6.07, 6.45) is 2.82. The van der Waals surface area contributed by atoms with E-state index in [-0.39, 0.29) is 0 Å². The number of nitrogens with zero attached hydrogens (tertiary/aromatic N) is 1. The van der Waals surface area contributed by atoms with Crippen LogP contribution in [-0.4, -0.2) is 24.0 Å². The van der Waals surface area contributed by atoms with Crippen molar-refractivity contribution in [2.75, 3.05) is 13.1 Å². The molecule has 0 aromatic rings. The van der Waals surface area contributed by atoms with Gasteiger partial charge in [0.05, 0.1) is 0 Å². The standard InChI is InChI=1S/C9H19N/c1-8(2)7-10-6-4-5-9(10)3/h8-9H,4-7H2,1-3H3. The lowest BCUT2D eigenvalue weighted by atomic mass is 10.2. The molecular formula is C9H19N. The maximum absolute atomic E-state index is 2.60. The van der Waals surface area contributed by atoms with Crippen LogP contribution >= 0.6 is 0 Å². The van der Waals surface area contributed by atoms with Crippen LogP contribution in [-0.2, 0) is 0 Å². The predicted molar refractivity (Wildman–Crippen MR) is 45.1 cm³/mol. The molecule has 0 bridgehead atoms. The van der Waals surface area contributed by atoms with E-state index in [0.29, 0.717) is 0 Å². The van der Waals surface area contributed by atoms with E-state index in [1.54, 1.807) is 0 Å². The van der Waals surface area contributed by atoms with E-state index in [9.17, 15) is 0 Å². The van der Waals surface area contributed by atoms with Crippen molar-refractivity contribution in [2.24, 2.45) is 5.92 Å². The van der Waals surface area contributed by atoms with E-state index in [1.165, 1.54) is 25.9 Å². The molecule has 0 aliphatic carbocycles. The Morgan fingerprint density at radius 1 is 1.50 bits per heavy atom. The average Bonchev–Trinajstić information content (AvgIpc) is 2.15. The minimum Gasteiger partial charge on any atom is -0.300 e. The van der Waals surface area contributed by atoms with Gasteiger partial charge in [-0.25, -0.2) is 0 Å². The highest BCUT2D eigenvalue weighted by molar-refractivity contribution is 4.75. The van der Waals surface area contributed by atoms with Crippen LogP contribution in [0.2, 0.25) is 0 Å². The second kappa shape index (κ2) is 3.38. The fourth-order valence-electron chi connectivity index (χ4n) is 1.73. The summed E-state index contributed by atoms with van der Waals surface area (Å²) in [5.74, 6) is 0.834. The Bertz CT molecular complexity index is 98.9. The summed E-state index contributed by atoms with van der Waals surface area (Å²) in [4.78, 5) is 2.60. The first-order valence-electron chi connectivity index (χ1n) is 4.44. The fourth-order valence-corrected chi connectivity index (χ4v) is 1.73. The minimum atomic E-state index is 0.834. The molecule has 1 unspecified atom stereocenters. The quantitative estimate of drug-likeness (QED) is 0.569. The normalized spacial score (nSPS) is 28.2. The van der Waals surface area contributed by atoms with Crippen molar-refractivity contribution in [3.8, 4) is 0 Å². The Hall–Kier alpha value is -0.0400. The lowest BCUT2D eigenvalue weighted by Crippen LogP contribution is -2.30. The molecule has 1 aliphatic rings. The van der Waals surface area contributed by atoms with Gasteiger partial charge in [0.25, 0.3) is 0 Å². The Labute approximate surface area is 64.4 Å². The topological polar surface area (TPSA) is 3.24 Å². The van der Waals surface area contributed by atoms with Crippen LogP contribution in [0, 0.1) is 5.92 Å². The van der Waals surface area contributed by atoms with Crippen LogP contribution < -0.4 is 0 Å². The van der Waals surface area contributed by atoms with E-state index < -0.39 is 0 Å². The van der Waals surface area contributed by atoms with Crippen molar-refractivity contribution >= 4 is 0 Å². The molecule has 0 amide bonds. The van der Waals surface area contributed by atoms with Gasteiger partial charge >= 0.3 is 0 Å². The summed E-state index contributed by atoms with van der Waals surface area (Å²) in [5.41, 5.74) is 0. The molecule has 1 atom stereocenters. The zero-order chi connectivity index (χ0) is 7.56. The fraction of sp³-hybridized carbons (Fsp3) is 1.00. The minimum absolute atomic E-state index is 0.834. The Balaban J connectivity index is 2.26. The summed E-state index contributed by atoms with van der Waals surface area (Å²) in [7, 11) is 0. The van der Waals surface area contributed by atoms with Gasteiger partial charge in [-0.05, 0) is 32.2 Å². The first-order valence-corrected chi connectivity index (χ1v) is 4.44. The number of rotatable bonds is 2. The highest BCUT2D eigenvalue weighted by Gasteiger charge is 2.19. The molecule has 1 fully saturated rings. The van der Waals surface area contributed by atoms with Crippen molar-refractivity contribution < 1.29 is 0 Å². The number of hydrogen-bond acceptors (Lipinski definition) is 1. The molecule has 60 valence electrons. The van der Waals surface area contributed by atoms with Gasteiger partial charge in [0.2, 0.25) is 0 Å². The van der Waals surface area contributed by atoms with Crippen molar-refractivity contribution in [3.63, 3.8) is 0 Å². The third-order valence-electron chi connectivity index (χ3n) is 2.29. The van der Waals surface area contributed by atoms with Crippen LogP contribution in [0.25, 0.3) is 0 Å². The van der Waals surface area contributed by atoms with Crippen LogP contribution in [0.5, 0.6) is 0 Å². The first kappa shape index (κ1) is 8.06. The Morgan fingerprint density at radius 3 is 2.60 bits per heavy atom. The number of hydrogen-bond donors (Lipinski definition) is 0. The molecule has 0 N–H and O–H groups in total. The highest BCUT2D eigenvalue weighted by atomic mass is 15.2. The predicted octanol–water partition coefficient (Wildman–Crippen LogP) is 2.13. The van der Waals surface area contributed by atoms with E-state index in [2.05, 4.69) is 25.7 Å². The summed E-state index contributed by atoms with van der Waals surface area (Å²) in [6.45, 7) is 9.56. The van der Waals surface area contributed by atoms with E-state index >= 15 is 0 Å². The largest absolute Gasteiger partial charge is 0.300 e. The third-order valence-corrected chi connectivity index (χ3v) is 2.29. The van der Waals surface area contributed by atoms with E-state index in [4.69, 9.17) is 0 Å². The second-order valence-electron chi connectivity index (χ2n) is 3.88. The van der Waals surface area contributed by atoms with Crippen molar-refractivity contribution in [2.45, 2.75) is 39.7 Å². The van der Waals surface area contributed by atoms with Gasteiger partial charge in [-0.1, -0.05) is 13.8 Å². The van der Waals surface area contributed by atoms with Crippen LogP contribution in [0.1, 0.15) is 33.6 Å². The molecule has 10 heavy (non-hydrogen) atoms. The summed E-state index contributed by atoms with van der Waals surface area (Å²) >= 11 is 0. The van der Waals surface area contributed by atoms with Crippen molar-refractivity contribution in [3.05, 3.63) is 0 Å². The maximum atomic E-state index is 2.60. The monoisotopic (exact) mass is 141 g/mol. The van der Waals surface area contributed by atoms with Gasteiger partial charge in [-0.2, -0.15) is 0 Å². The zero-order valence-electron chi connectivity index (χ0n) is 7.43. The maximum Gasteiger partial charge on any atom is 0.00675 e. The highest BCUT2D eigenvalue weighted by Crippen LogP contribution is 2.17. The molecule has 1 aliphatic heterocycles. The van der Waals surface area contributed by atoms with Crippen molar-refractivity contribution in [1.82, 2.24) is 4.90 Å². The van der Waals surface area contributed by atoms with Gasteiger partial charge in [-0.15, -0.1) is 0 Å². The van der Waals surface area contributed by atoms with Crippen LogP contribution in [0.4, 0.5) is 0 Å². The molecule has 1 nitrogen and oxygen atoms in total. The van der Waals surface area contributed by atoms with Gasteiger partial charge in [0.1, 0.15) is 0 Å². The molecule has 0 saturated carbocycles. The summed E-state index contributed by atoms with van der Waals surface area (Å²) < 4.78 is 0. The molecule has 1 heterocycles. The van der Waals surface area contributed by atoms with Crippen LogP contribution in [0.15, 0.2) is 0 Å². The number of likely N-dealkylation sites (tertiary alicyclic amines) is 1. The van der Waals surface area contributed by atoms with Gasteiger partial charge < -0.3 is 4.90 Å². The molecule has 0 spiro atoms. The SMILES string of the molecule is CC(C)CN1CCCC1C. The molecule has 0 aromatic carbocycles. The van der Waals surface area contributed by atoms with Crippen molar-refractivity contribution in [1.29, 1.82) is 0 Å². The molecule has 1 heteroatoms. The average molecular weight is 141 g/mol. The molecule has 0 radical (unpaired) electrons. The third kappa shape index (κ3) is 1.98. The Kier molecular flexibility index (Phi) is 2.72. The van der Waals surface area contributed by atoms with Gasteiger partial charge in [0, 0.05) is 12.6 Å².